The molecule has 0 bridgehead atoms. The fourth-order valence-corrected chi connectivity index (χ4v) is 2.00. The van der Waals surface area contributed by atoms with Crippen LogP contribution >= 0.6 is 0 Å². The van der Waals surface area contributed by atoms with Crippen molar-refractivity contribution in [3.63, 3.8) is 0 Å². The molecule has 2 aromatic rings. The Morgan fingerprint density at radius 1 is 1.56 bits per heavy atom. The highest BCUT2D eigenvalue weighted by Gasteiger charge is 2.07. The van der Waals surface area contributed by atoms with E-state index in [9.17, 15) is 4.79 Å². The number of amides is 1. The van der Waals surface area contributed by atoms with E-state index in [1.165, 1.54) is 0 Å². The molecule has 0 atom stereocenters. The Balaban J connectivity index is 2.34. The summed E-state index contributed by atoms with van der Waals surface area (Å²) in [6, 6.07) is 7.39. The first kappa shape index (κ1) is 12.1. The van der Waals surface area contributed by atoms with Crippen LogP contribution in [0, 0.1) is 18.3 Å². The smallest absolute Gasteiger partial charge is 0.238 e. The van der Waals surface area contributed by atoms with Crippen molar-refractivity contribution < 1.29 is 4.79 Å². The summed E-state index contributed by atoms with van der Waals surface area (Å²) >= 11 is 0. The van der Waals surface area contributed by atoms with Gasteiger partial charge in [0.1, 0.15) is 12.2 Å². The van der Waals surface area contributed by atoms with Gasteiger partial charge in [-0.15, -0.1) is 0 Å². The van der Waals surface area contributed by atoms with E-state index in [4.69, 9.17) is 5.26 Å². The first-order valence-electron chi connectivity index (χ1n) is 5.79. The zero-order valence-corrected chi connectivity index (χ0v) is 10.4. The molecule has 1 aromatic carbocycles. The molecule has 0 aliphatic heterocycles. The minimum Gasteiger partial charge on any atom is -0.329 e. The van der Waals surface area contributed by atoms with E-state index >= 15 is 0 Å². The molecule has 92 valence electrons. The predicted octanol–water partition coefficient (Wildman–Crippen LogP) is 2.22. The second-order valence-electron chi connectivity index (χ2n) is 3.99. The molecule has 1 amide bonds. The highest BCUT2D eigenvalue weighted by atomic mass is 16.1. The molecule has 0 saturated heterocycles. The summed E-state index contributed by atoms with van der Waals surface area (Å²) in [5, 5.41) is 11.1. The molecule has 1 aromatic heterocycles. The van der Waals surface area contributed by atoms with E-state index in [1.807, 2.05) is 31.2 Å². The number of hydrogen-bond donors (Lipinski definition) is 1. The number of fused-ring (bicyclic) bond motifs is 1. The zero-order valence-electron chi connectivity index (χ0n) is 10.4. The molecule has 0 spiro atoms. The quantitative estimate of drug-likeness (QED) is 0.897. The largest absolute Gasteiger partial charge is 0.329 e. The van der Waals surface area contributed by atoms with Gasteiger partial charge in [0.15, 0.2) is 0 Å². The first-order chi connectivity index (χ1) is 8.65. The summed E-state index contributed by atoms with van der Waals surface area (Å²) in [7, 11) is 0. The Labute approximate surface area is 105 Å². The predicted molar refractivity (Wildman–Crippen MR) is 69.0 cm³/mol. The summed E-state index contributed by atoms with van der Waals surface area (Å²) in [4.78, 5) is 15.8. The van der Waals surface area contributed by atoms with Crippen molar-refractivity contribution in [3.05, 3.63) is 24.0 Å². The van der Waals surface area contributed by atoms with Crippen molar-refractivity contribution in [2.24, 2.45) is 0 Å². The van der Waals surface area contributed by atoms with Crippen LogP contribution in [0.3, 0.4) is 0 Å². The second kappa shape index (κ2) is 4.88. The number of aryl methyl sites for hydroxylation is 2. The molecular formula is C13H14N4O. The number of rotatable bonds is 3. The van der Waals surface area contributed by atoms with Gasteiger partial charge in [0.2, 0.25) is 5.91 Å². The Morgan fingerprint density at radius 3 is 3.00 bits per heavy atom. The normalized spacial score (nSPS) is 10.3. The molecule has 0 unspecified atom stereocenters. The number of benzene rings is 1. The molecule has 0 saturated carbocycles. The van der Waals surface area contributed by atoms with E-state index in [2.05, 4.69) is 21.8 Å². The van der Waals surface area contributed by atoms with E-state index < -0.39 is 0 Å². The number of imidazole rings is 1. The van der Waals surface area contributed by atoms with E-state index in [0.717, 1.165) is 23.4 Å². The molecular weight excluding hydrogens is 228 g/mol. The van der Waals surface area contributed by atoms with Crippen LogP contribution in [0.1, 0.15) is 19.2 Å². The number of nitrogens with zero attached hydrogens (tertiary/aromatic N) is 3. The molecule has 5 heteroatoms. The van der Waals surface area contributed by atoms with Gasteiger partial charge in [-0.25, -0.2) is 4.98 Å². The molecule has 5 nitrogen and oxygen atoms in total. The van der Waals surface area contributed by atoms with Gasteiger partial charge in [0.05, 0.1) is 17.1 Å². The van der Waals surface area contributed by atoms with Gasteiger partial charge < -0.3 is 9.88 Å². The summed E-state index contributed by atoms with van der Waals surface area (Å²) in [6.45, 7) is 4.89. The van der Waals surface area contributed by atoms with E-state index in [-0.39, 0.29) is 12.3 Å². The van der Waals surface area contributed by atoms with Crippen LogP contribution < -0.4 is 5.32 Å². The molecule has 1 heterocycles. The standard InChI is InChI=1S/C13H14N4O/c1-3-17-9(2)15-11-8-10(4-5-12(11)17)16-13(18)6-7-14/h4-5,8H,3,6H2,1-2H3,(H,16,18). The van der Waals surface area contributed by atoms with Crippen LogP contribution in [-0.2, 0) is 11.3 Å². The number of anilines is 1. The number of nitriles is 1. The SMILES string of the molecule is CCn1c(C)nc2cc(NC(=O)CC#N)ccc21. The Kier molecular flexibility index (Phi) is 3.28. The summed E-state index contributed by atoms with van der Waals surface area (Å²) < 4.78 is 2.11. The fraction of sp³-hybridized carbons (Fsp3) is 0.308. The van der Waals surface area contributed by atoms with Gasteiger partial charge in [0.25, 0.3) is 0 Å². The maximum absolute atomic E-state index is 11.3. The molecule has 0 fully saturated rings. The van der Waals surface area contributed by atoms with Crippen LogP contribution in [0.5, 0.6) is 0 Å². The fourth-order valence-electron chi connectivity index (χ4n) is 2.00. The van der Waals surface area contributed by atoms with Crippen molar-refractivity contribution in [1.82, 2.24) is 9.55 Å². The molecule has 1 N–H and O–H groups in total. The number of carbonyl (C=O) groups is 1. The number of carbonyl (C=O) groups excluding carboxylic acids is 1. The minimum absolute atomic E-state index is 0.138. The van der Waals surface area contributed by atoms with E-state index in [1.54, 1.807) is 0 Å². The van der Waals surface area contributed by atoms with Crippen molar-refractivity contribution in [2.45, 2.75) is 26.8 Å². The highest BCUT2D eigenvalue weighted by Crippen LogP contribution is 2.20. The topological polar surface area (TPSA) is 70.7 Å². The number of hydrogen-bond acceptors (Lipinski definition) is 3. The van der Waals surface area contributed by atoms with Crippen LogP contribution in [0.2, 0.25) is 0 Å². The maximum atomic E-state index is 11.3. The van der Waals surface area contributed by atoms with Crippen molar-refractivity contribution >= 4 is 22.6 Å². The maximum Gasteiger partial charge on any atom is 0.238 e. The highest BCUT2D eigenvalue weighted by molar-refractivity contribution is 5.94. The molecule has 2 rings (SSSR count). The second-order valence-corrected chi connectivity index (χ2v) is 3.99. The van der Waals surface area contributed by atoms with Crippen molar-refractivity contribution in [3.8, 4) is 6.07 Å². The monoisotopic (exact) mass is 242 g/mol. The minimum atomic E-state index is -0.302. The average molecular weight is 242 g/mol. The molecule has 18 heavy (non-hydrogen) atoms. The van der Waals surface area contributed by atoms with Crippen LogP contribution in [0.4, 0.5) is 5.69 Å². The van der Waals surface area contributed by atoms with E-state index in [0.29, 0.717) is 5.69 Å². The number of aromatic nitrogens is 2. The van der Waals surface area contributed by atoms with Gasteiger partial charge in [-0.05, 0) is 32.0 Å². The summed E-state index contributed by atoms with van der Waals surface area (Å²) in [5.74, 6) is 0.650. The third-order valence-corrected chi connectivity index (χ3v) is 2.78. The lowest BCUT2D eigenvalue weighted by atomic mass is 10.2. The summed E-state index contributed by atoms with van der Waals surface area (Å²) in [5.41, 5.74) is 2.57. The third-order valence-electron chi connectivity index (χ3n) is 2.78. The molecule has 0 radical (unpaired) electrons. The molecule has 0 aliphatic rings. The third kappa shape index (κ3) is 2.18. The summed E-state index contributed by atoms with van der Waals surface area (Å²) in [6.07, 6.45) is -0.138. The van der Waals surface area contributed by atoms with Gasteiger partial charge in [-0.2, -0.15) is 5.26 Å². The van der Waals surface area contributed by atoms with Crippen LogP contribution in [0.15, 0.2) is 18.2 Å². The lowest BCUT2D eigenvalue weighted by molar-refractivity contribution is -0.115. The Morgan fingerprint density at radius 2 is 2.33 bits per heavy atom. The van der Waals surface area contributed by atoms with Crippen LogP contribution in [0.25, 0.3) is 11.0 Å². The van der Waals surface area contributed by atoms with Crippen molar-refractivity contribution in [2.75, 3.05) is 5.32 Å². The van der Waals surface area contributed by atoms with Crippen molar-refractivity contribution in [1.29, 1.82) is 5.26 Å². The first-order valence-corrected chi connectivity index (χ1v) is 5.79. The zero-order chi connectivity index (χ0) is 13.1. The van der Waals surface area contributed by atoms with Gasteiger partial charge in [0, 0.05) is 12.2 Å². The van der Waals surface area contributed by atoms with Crippen LogP contribution in [-0.4, -0.2) is 15.5 Å². The Hall–Kier alpha value is -2.35. The molecule has 0 aliphatic carbocycles. The Bertz CT molecular complexity index is 636. The van der Waals surface area contributed by atoms with Gasteiger partial charge in [-0.3, -0.25) is 4.79 Å². The number of nitrogens with one attached hydrogen (secondary N) is 1. The van der Waals surface area contributed by atoms with Gasteiger partial charge >= 0.3 is 0 Å². The van der Waals surface area contributed by atoms with Gasteiger partial charge in [-0.1, -0.05) is 0 Å². The lowest BCUT2D eigenvalue weighted by Crippen LogP contribution is -2.09. The lowest BCUT2D eigenvalue weighted by Gasteiger charge is -2.04. The average Bonchev–Trinajstić information content (AvgIpc) is 2.63.